The number of amides is 2. The number of benzene rings is 1. The Labute approximate surface area is 150 Å². The predicted octanol–water partition coefficient (Wildman–Crippen LogP) is 3.40. The van der Waals surface area contributed by atoms with E-state index in [2.05, 4.69) is 5.32 Å². The Morgan fingerprint density at radius 1 is 1.13 bits per heavy atom. The molecule has 1 aromatic rings. The summed E-state index contributed by atoms with van der Waals surface area (Å²) in [5, 5.41) is 3.60. The summed E-state index contributed by atoms with van der Waals surface area (Å²) in [4.78, 5) is 25.1. The van der Waals surface area contributed by atoms with Crippen molar-refractivity contribution in [2.45, 2.75) is 26.3 Å². The van der Waals surface area contributed by atoms with Gasteiger partial charge in [0, 0.05) is 18.7 Å². The summed E-state index contributed by atoms with van der Waals surface area (Å²) < 4.78 is 5.34. The summed E-state index contributed by atoms with van der Waals surface area (Å²) >= 11 is 17.7. The Morgan fingerprint density at radius 3 is 2.26 bits per heavy atom. The first-order valence-electron chi connectivity index (χ1n) is 6.82. The minimum atomic E-state index is -0.365. The molecule has 1 N–H and O–H groups in total. The number of rotatable bonds is 5. The molecule has 0 fully saturated rings. The summed E-state index contributed by atoms with van der Waals surface area (Å²) in [7, 11) is 1.52. The Kier molecular flexibility index (Phi) is 6.99. The molecular formula is C15H19Cl3N2O3. The first-order chi connectivity index (χ1) is 10.5. The van der Waals surface area contributed by atoms with E-state index in [0.717, 1.165) is 0 Å². The van der Waals surface area contributed by atoms with Gasteiger partial charge in [-0.1, -0.05) is 34.8 Å². The van der Waals surface area contributed by atoms with E-state index in [-0.39, 0.29) is 46.3 Å². The zero-order valence-corrected chi connectivity index (χ0v) is 15.6. The third-order valence-electron chi connectivity index (χ3n) is 2.65. The number of nitrogens with one attached hydrogen (secondary N) is 1. The van der Waals surface area contributed by atoms with Crippen LogP contribution < -0.4 is 10.1 Å². The standard InChI is InChI=1S/C15H19Cl3N2O3/c1-15(2,3)19-13(21)7-20(4)14(22)8-23-12-6-10(17)9(16)5-11(12)18/h5-6H,7-8H2,1-4H3,(H,19,21). The lowest BCUT2D eigenvalue weighted by atomic mass is 10.1. The molecule has 8 heteroatoms. The van der Waals surface area contributed by atoms with Crippen molar-refractivity contribution in [3.8, 4) is 5.75 Å². The van der Waals surface area contributed by atoms with Crippen LogP contribution in [0.2, 0.25) is 15.1 Å². The fourth-order valence-electron chi connectivity index (χ4n) is 1.63. The van der Waals surface area contributed by atoms with Crippen molar-refractivity contribution < 1.29 is 14.3 Å². The van der Waals surface area contributed by atoms with Gasteiger partial charge in [-0.15, -0.1) is 0 Å². The number of nitrogens with zero attached hydrogens (tertiary/aromatic N) is 1. The number of ether oxygens (including phenoxy) is 1. The molecular weight excluding hydrogens is 363 g/mol. The maximum Gasteiger partial charge on any atom is 0.260 e. The van der Waals surface area contributed by atoms with Crippen LogP contribution in [0.4, 0.5) is 0 Å². The SMILES string of the molecule is CN(CC(=O)NC(C)(C)C)C(=O)COc1cc(Cl)c(Cl)cc1Cl. The molecule has 0 aromatic heterocycles. The van der Waals surface area contributed by atoms with Gasteiger partial charge in [-0.05, 0) is 26.8 Å². The van der Waals surface area contributed by atoms with E-state index >= 15 is 0 Å². The minimum Gasteiger partial charge on any atom is -0.482 e. The molecule has 0 saturated carbocycles. The van der Waals surface area contributed by atoms with Crippen LogP contribution in [-0.4, -0.2) is 42.5 Å². The zero-order chi connectivity index (χ0) is 17.8. The van der Waals surface area contributed by atoms with E-state index < -0.39 is 0 Å². The van der Waals surface area contributed by atoms with Crippen molar-refractivity contribution in [1.82, 2.24) is 10.2 Å². The molecule has 0 saturated heterocycles. The average molecular weight is 382 g/mol. The number of hydrogen-bond acceptors (Lipinski definition) is 3. The van der Waals surface area contributed by atoms with Crippen molar-refractivity contribution in [2.75, 3.05) is 20.2 Å². The number of carbonyl (C=O) groups excluding carboxylic acids is 2. The van der Waals surface area contributed by atoms with E-state index in [0.29, 0.717) is 5.02 Å². The molecule has 1 aromatic carbocycles. The topological polar surface area (TPSA) is 58.6 Å². The highest BCUT2D eigenvalue weighted by Crippen LogP contribution is 2.33. The second-order valence-corrected chi connectivity index (χ2v) is 7.25. The third-order valence-corrected chi connectivity index (χ3v) is 3.66. The van der Waals surface area contributed by atoms with Crippen molar-refractivity contribution in [2.24, 2.45) is 0 Å². The predicted molar refractivity (Wildman–Crippen MR) is 92.5 cm³/mol. The van der Waals surface area contributed by atoms with Crippen molar-refractivity contribution in [3.63, 3.8) is 0 Å². The van der Waals surface area contributed by atoms with Crippen LogP contribution in [0.1, 0.15) is 20.8 Å². The monoisotopic (exact) mass is 380 g/mol. The first-order valence-corrected chi connectivity index (χ1v) is 7.95. The van der Waals surface area contributed by atoms with Gasteiger partial charge in [-0.25, -0.2) is 0 Å². The van der Waals surface area contributed by atoms with E-state index in [1.54, 1.807) is 0 Å². The highest BCUT2D eigenvalue weighted by atomic mass is 35.5. The molecule has 5 nitrogen and oxygen atoms in total. The molecule has 0 unspecified atom stereocenters. The van der Waals surface area contributed by atoms with Crippen LogP contribution in [0.3, 0.4) is 0 Å². The Hall–Kier alpha value is -1.17. The number of carbonyl (C=O) groups is 2. The lowest BCUT2D eigenvalue weighted by Gasteiger charge is -2.23. The van der Waals surface area contributed by atoms with Crippen molar-refractivity contribution in [1.29, 1.82) is 0 Å². The molecule has 0 heterocycles. The molecule has 1 rings (SSSR count). The molecule has 0 bridgehead atoms. The Morgan fingerprint density at radius 2 is 1.70 bits per heavy atom. The normalized spacial score (nSPS) is 11.1. The van der Waals surface area contributed by atoms with Crippen LogP contribution in [0.15, 0.2) is 12.1 Å². The quantitative estimate of drug-likeness (QED) is 0.795. The Bertz CT molecular complexity index is 600. The summed E-state index contributed by atoms with van der Waals surface area (Å²) in [6.45, 7) is 5.26. The number of likely N-dealkylation sites (N-methyl/N-ethyl adjacent to an activating group) is 1. The number of hydrogen-bond donors (Lipinski definition) is 1. The molecule has 0 aliphatic heterocycles. The van der Waals surface area contributed by atoms with E-state index in [9.17, 15) is 9.59 Å². The van der Waals surface area contributed by atoms with Crippen LogP contribution >= 0.6 is 34.8 Å². The van der Waals surface area contributed by atoms with Gasteiger partial charge >= 0.3 is 0 Å². The summed E-state index contributed by atoms with van der Waals surface area (Å²) in [6.07, 6.45) is 0. The first kappa shape index (κ1) is 19.9. The highest BCUT2D eigenvalue weighted by molar-refractivity contribution is 6.43. The average Bonchev–Trinajstić information content (AvgIpc) is 2.38. The van der Waals surface area contributed by atoms with Gasteiger partial charge in [-0.2, -0.15) is 0 Å². The lowest BCUT2D eigenvalue weighted by Crippen LogP contribution is -2.47. The Balaban J connectivity index is 2.56. The second-order valence-electron chi connectivity index (χ2n) is 6.03. The summed E-state index contributed by atoms with van der Waals surface area (Å²) in [5.74, 6) is -0.362. The maximum atomic E-state index is 12.0. The minimum absolute atomic E-state index is 0.0609. The van der Waals surface area contributed by atoms with E-state index in [1.165, 1.54) is 24.1 Å². The zero-order valence-electron chi connectivity index (χ0n) is 13.4. The van der Waals surface area contributed by atoms with Crippen molar-refractivity contribution >= 4 is 46.6 Å². The molecule has 2 amide bonds. The van der Waals surface area contributed by atoms with Gasteiger partial charge in [0.1, 0.15) is 5.75 Å². The molecule has 0 spiro atoms. The van der Waals surface area contributed by atoms with Gasteiger partial charge in [0.05, 0.1) is 21.6 Å². The summed E-state index contributed by atoms with van der Waals surface area (Å²) in [6, 6.07) is 2.87. The van der Waals surface area contributed by atoms with Gasteiger partial charge in [0.2, 0.25) is 5.91 Å². The number of halogens is 3. The molecule has 0 aliphatic rings. The second kappa shape index (κ2) is 8.08. The van der Waals surface area contributed by atoms with Crippen molar-refractivity contribution in [3.05, 3.63) is 27.2 Å². The van der Waals surface area contributed by atoms with E-state index in [4.69, 9.17) is 39.5 Å². The lowest BCUT2D eigenvalue weighted by molar-refractivity contribution is -0.136. The van der Waals surface area contributed by atoms with Gasteiger partial charge in [0.15, 0.2) is 6.61 Å². The van der Waals surface area contributed by atoms with Gasteiger partial charge < -0.3 is 15.0 Å². The molecule has 23 heavy (non-hydrogen) atoms. The fraction of sp³-hybridized carbons (Fsp3) is 0.467. The molecule has 128 valence electrons. The smallest absolute Gasteiger partial charge is 0.260 e. The van der Waals surface area contributed by atoms with Crippen LogP contribution in [0, 0.1) is 0 Å². The fourth-order valence-corrected chi connectivity index (χ4v) is 2.22. The molecule has 0 aliphatic carbocycles. The van der Waals surface area contributed by atoms with Crippen LogP contribution in [0.5, 0.6) is 5.75 Å². The van der Waals surface area contributed by atoms with Crippen LogP contribution in [-0.2, 0) is 9.59 Å². The van der Waals surface area contributed by atoms with Gasteiger partial charge in [-0.3, -0.25) is 9.59 Å². The molecule has 0 radical (unpaired) electrons. The van der Waals surface area contributed by atoms with Gasteiger partial charge in [0.25, 0.3) is 5.91 Å². The third kappa shape index (κ3) is 6.85. The highest BCUT2D eigenvalue weighted by Gasteiger charge is 2.18. The maximum absolute atomic E-state index is 12.0. The molecule has 0 atom stereocenters. The van der Waals surface area contributed by atoms with E-state index in [1.807, 2.05) is 20.8 Å². The summed E-state index contributed by atoms with van der Waals surface area (Å²) in [5.41, 5.74) is -0.356. The largest absolute Gasteiger partial charge is 0.482 e. The van der Waals surface area contributed by atoms with Crippen LogP contribution in [0.25, 0.3) is 0 Å².